The van der Waals surface area contributed by atoms with Gasteiger partial charge in [-0.3, -0.25) is 5.32 Å². The van der Waals surface area contributed by atoms with Crippen molar-refractivity contribution in [1.82, 2.24) is 9.59 Å². The highest BCUT2D eigenvalue weighted by atomic mass is 32.1. The summed E-state index contributed by atoms with van der Waals surface area (Å²) in [7, 11) is 1.42. The molecule has 0 aliphatic rings. The van der Waals surface area contributed by atoms with Gasteiger partial charge in [-0.1, -0.05) is 4.49 Å². The molecule has 0 aliphatic carbocycles. The monoisotopic (exact) mass is 294 g/mol. The molecule has 0 spiro atoms. The quantitative estimate of drug-likeness (QED) is 0.793. The van der Waals surface area contributed by atoms with E-state index in [1.807, 2.05) is 0 Å². The number of hydrogen-bond donors (Lipinski definition) is 3. The molecule has 0 fully saturated rings. The number of methoxy groups -OCH3 is 1. The number of amides is 2. The second-order valence-corrected chi connectivity index (χ2v) is 4.37. The van der Waals surface area contributed by atoms with Crippen molar-refractivity contribution in [1.29, 1.82) is 0 Å². The highest BCUT2D eigenvalue weighted by Crippen LogP contribution is 2.25. The summed E-state index contributed by atoms with van der Waals surface area (Å²) in [6.45, 7) is 0. The van der Waals surface area contributed by atoms with Gasteiger partial charge in [-0.05, 0) is 18.2 Å². The van der Waals surface area contributed by atoms with Crippen molar-refractivity contribution in [3.63, 3.8) is 0 Å². The fourth-order valence-electron chi connectivity index (χ4n) is 1.43. The lowest BCUT2D eigenvalue weighted by atomic mass is 10.2. The van der Waals surface area contributed by atoms with E-state index in [0.29, 0.717) is 10.8 Å². The maximum Gasteiger partial charge on any atom is 0.335 e. The van der Waals surface area contributed by atoms with Gasteiger partial charge < -0.3 is 15.2 Å². The molecule has 0 aliphatic heterocycles. The maximum atomic E-state index is 11.8. The number of nitrogens with one attached hydrogen (secondary N) is 2. The van der Waals surface area contributed by atoms with E-state index in [0.717, 1.165) is 11.5 Å². The third-order valence-corrected chi connectivity index (χ3v) is 2.87. The van der Waals surface area contributed by atoms with Crippen LogP contribution in [0.4, 0.5) is 15.5 Å². The Morgan fingerprint density at radius 2 is 2.15 bits per heavy atom. The average molecular weight is 294 g/mol. The van der Waals surface area contributed by atoms with Crippen LogP contribution in [0.2, 0.25) is 0 Å². The second-order valence-electron chi connectivity index (χ2n) is 3.58. The third kappa shape index (κ3) is 3.20. The summed E-state index contributed by atoms with van der Waals surface area (Å²) in [6.07, 6.45) is 1.40. The molecule has 0 unspecified atom stereocenters. The SMILES string of the molecule is COc1ccc(C(=O)O)cc1NC(=O)Nc1cnns1. The summed E-state index contributed by atoms with van der Waals surface area (Å²) in [4.78, 5) is 22.7. The van der Waals surface area contributed by atoms with E-state index in [-0.39, 0.29) is 11.3 Å². The number of aromatic carboxylic acids is 1. The highest BCUT2D eigenvalue weighted by Gasteiger charge is 2.12. The van der Waals surface area contributed by atoms with E-state index >= 15 is 0 Å². The average Bonchev–Trinajstić information content (AvgIpc) is 2.91. The maximum absolute atomic E-state index is 11.8. The van der Waals surface area contributed by atoms with Crippen molar-refractivity contribution in [3.05, 3.63) is 30.0 Å². The second kappa shape index (κ2) is 5.97. The van der Waals surface area contributed by atoms with Gasteiger partial charge in [-0.25, -0.2) is 9.59 Å². The first kappa shape index (κ1) is 13.7. The van der Waals surface area contributed by atoms with Crippen molar-refractivity contribution >= 4 is 34.2 Å². The van der Waals surface area contributed by atoms with E-state index in [1.165, 1.54) is 31.5 Å². The van der Waals surface area contributed by atoms with Crippen molar-refractivity contribution < 1.29 is 19.4 Å². The summed E-state index contributed by atoms with van der Waals surface area (Å²) >= 11 is 1.02. The van der Waals surface area contributed by atoms with Gasteiger partial charge in [0.15, 0.2) is 0 Å². The topological polar surface area (TPSA) is 113 Å². The molecule has 3 N–H and O–H groups in total. The summed E-state index contributed by atoms with van der Waals surface area (Å²) in [5.41, 5.74) is 0.294. The zero-order valence-electron chi connectivity index (χ0n) is 10.3. The van der Waals surface area contributed by atoms with Gasteiger partial charge >= 0.3 is 12.0 Å². The van der Waals surface area contributed by atoms with Crippen LogP contribution in [0.1, 0.15) is 10.4 Å². The zero-order chi connectivity index (χ0) is 14.5. The minimum Gasteiger partial charge on any atom is -0.495 e. The van der Waals surface area contributed by atoms with Crippen molar-refractivity contribution in [2.75, 3.05) is 17.7 Å². The molecule has 0 bridgehead atoms. The van der Waals surface area contributed by atoms with Gasteiger partial charge in [0, 0.05) is 11.5 Å². The molecule has 2 rings (SSSR count). The van der Waals surface area contributed by atoms with Crippen LogP contribution in [0.25, 0.3) is 0 Å². The van der Waals surface area contributed by atoms with Gasteiger partial charge in [0.05, 0.1) is 24.6 Å². The first-order valence-electron chi connectivity index (χ1n) is 5.37. The molecule has 2 amide bonds. The fourth-order valence-corrected chi connectivity index (χ4v) is 1.84. The van der Waals surface area contributed by atoms with Crippen LogP contribution in [0.3, 0.4) is 0 Å². The van der Waals surface area contributed by atoms with Crippen molar-refractivity contribution in [2.24, 2.45) is 0 Å². The number of aromatic nitrogens is 2. The lowest BCUT2D eigenvalue weighted by Crippen LogP contribution is -2.19. The molecule has 0 radical (unpaired) electrons. The predicted octanol–water partition coefficient (Wildman–Crippen LogP) is 1.89. The summed E-state index contributed by atoms with van der Waals surface area (Å²) in [5, 5.41) is 18.0. The Balaban J connectivity index is 2.16. The highest BCUT2D eigenvalue weighted by molar-refractivity contribution is 7.10. The molecule has 104 valence electrons. The smallest absolute Gasteiger partial charge is 0.335 e. The zero-order valence-corrected chi connectivity index (χ0v) is 11.1. The van der Waals surface area contributed by atoms with Gasteiger partial charge in [-0.2, -0.15) is 0 Å². The molecular formula is C11H10N4O4S. The Bertz CT molecular complexity index is 629. The molecule has 20 heavy (non-hydrogen) atoms. The molecule has 0 saturated heterocycles. The number of rotatable bonds is 4. The number of benzene rings is 1. The summed E-state index contributed by atoms with van der Waals surface area (Å²) in [6, 6.07) is 3.62. The number of carbonyl (C=O) groups is 2. The van der Waals surface area contributed by atoms with E-state index in [2.05, 4.69) is 20.2 Å². The molecule has 1 aromatic carbocycles. The van der Waals surface area contributed by atoms with Crippen LogP contribution < -0.4 is 15.4 Å². The lowest BCUT2D eigenvalue weighted by Gasteiger charge is -2.11. The van der Waals surface area contributed by atoms with E-state index < -0.39 is 12.0 Å². The first-order chi connectivity index (χ1) is 9.60. The van der Waals surface area contributed by atoms with Crippen LogP contribution in [-0.4, -0.2) is 33.8 Å². The number of urea groups is 1. The normalized spacial score (nSPS) is 9.85. The third-order valence-electron chi connectivity index (χ3n) is 2.29. The minimum absolute atomic E-state index is 0.0422. The molecule has 1 heterocycles. The Labute approximate surface area is 117 Å². The van der Waals surface area contributed by atoms with Crippen LogP contribution in [0.15, 0.2) is 24.4 Å². The molecular weight excluding hydrogens is 284 g/mol. The number of carboxylic acid groups (broad SMARTS) is 1. The molecule has 0 saturated carbocycles. The molecule has 2 aromatic rings. The van der Waals surface area contributed by atoms with Crippen LogP contribution in [0, 0.1) is 0 Å². The van der Waals surface area contributed by atoms with Crippen molar-refractivity contribution in [3.8, 4) is 5.75 Å². The predicted molar refractivity (Wildman–Crippen MR) is 72.5 cm³/mol. The molecule has 0 atom stereocenters. The lowest BCUT2D eigenvalue weighted by molar-refractivity contribution is 0.0697. The Morgan fingerprint density at radius 1 is 1.35 bits per heavy atom. The van der Waals surface area contributed by atoms with Crippen LogP contribution >= 0.6 is 11.5 Å². The minimum atomic E-state index is -1.09. The van der Waals surface area contributed by atoms with Gasteiger partial charge in [0.1, 0.15) is 10.8 Å². The van der Waals surface area contributed by atoms with Crippen LogP contribution in [-0.2, 0) is 0 Å². The van der Waals surface area contributed by atoms with Crippen LogP contribution in [0.5, 0.6) is 5.75 Å². The fraction of sp³-hybridized carbons (Fsp3) is 0.0909. The Morgan fingerprint density at radius 3 is 2.75 bits per heavy atom. The van der Waals surface area contributed by atoms with Gasteiger partial charge in [0.2, 0.25) is 0 Å². The number of anilines is 2. The van der Waals surface area contributed by atoms with E-state index in [4.69, 9.17) is 9.84 Å². The van der Waals surface area contributed by atoms with Crippen molar-refractivity contribution in [2.45, 2.75) is 0 Å². The summed E-state index contributed by atoms with van der Waals surface area (Å²) in [5.74, 6) is -0.740. The van der Waals surface area contributed by atoms with Gasteiger partial charge in [-0.15, -0.1) is 5.10 Å². The number of nitrogens with zero attached hydrogens (tertiary/aromatic N) is 2. The number of carboxylic acids is 1. The Kier molecular flexibility index (Phi) is 4.11. The molecule has 8 nitrogen and oxygen atoms in total. The summed E-state index contributed by atoms with van der Waals surface area (Å²) < 4.78 is 8.66. The van der Waals surface area contributed by atoms with E-state index in [1.54, 1.807) is 0 Å². The number of carbonyl (C=O) groups excluding carboxylic acids is 1. The standard InChI is InChI=1S/C11H10N4O4S/c1-19-8-3-2-6(10(16)17)4-7(8)13-11(18)14-9-5-12-15-20-9/h2-5H,1H3,(H,16,17)(H2,13,14,18). The first-order valence-corrected chi connectivity index (χ1v) is 6.14. The number of hydrogen-bond acceptors (Lipinski definition) is 6. The largest absolute Gasteiger partial charge is 0.495 e. The number of ether oxygens (including phenoxy) is 1. The molecule has 9 heteroatoms. The van der Waals surface area contributed by atoms with Gasteiger partial charge in [0.25, 0.3) is 0 Å². The molecule has 1 aromatic heterocycles. The Hall–Kier alpha value is -2.68. The van der Waals surface area contributed by atoms with E-state index in [9.17, 15) is 9.59 Å².